The standard InChI is InChI=1S/C11H12ClN5OS/c12-8-9(14-7-15-10(8)18)16-2-4-17(5-3-16)11-13-1-6-19-11/h1,6-7H,2-5H2,(H,14,15,18). The van der Waals surface area contributed by atoms with E-state index < -0.39 is 0 Å². The lowest BCUT2D eigenvalue weighted by molar-refractivity contribution is 0.645. The van der Waals surface area contributed by atoms with E-state index in [4.69, 9.17) is 11.6 Å². The zero-order valence-corrected chi connectivity index (χ0v) is 11.6. The third-order valence-electron chi connectivity index (χ3n) is 3.05. The van der Waals surface area contributed by atoms with Crippen molar-refractivity contribution in [2.45, 2.75) is 0 Å². The van der Waals surface area contributed by atoms with Gasteiger partial charge in [-0.3, -0.25) is 4.79 Å². The average Bonchev–Trinajstić information content (AvgIpc) is 2.96. The molecule has 0 amide bonds. The summed E-state index contributed by atoms with van der Waals surface area (Å²) in [6.45, 7) is 3.24. The molecule has 0 atom stereocenters. The number of H-pyrrole nitrogens is 1. The number of hydrogen-bond donors (Lipinski definition) is 1. The van der Waals surface area contributed by atoms with E-state index in [2.05, 4.69) is 19.9 Å². The van der Waals surface area contributed by atoms with Crippen LogP contribution in [0.3, 0.4) is 0 Å². The molecule has 1 fully saturated rings. The van der Waals surface area contributed by atoms with Gasteiger partial charge >= 0.3 is 0 Å². The predicted octanol–water partition coefficient (Wildman–Crippen LogP) is 1.21. The van der Waals surface area contributed by atoms with Gasteiger partial charge in [-0.2, -0.15) is 0 Å². The monoisotopic (exact) mass is 297 g/mol. The molecule has 100 valence electrons. The van der Waals surface area contributed by atoms with Crippen molar-refractivity contribution in [2.75, 3.05) is 36.0 Å². The van der Waals surface area contributed by atoms with Gasteiger partial charge in [0.15, 0.2) is 10.9 Å². The van der Waals surface area contributed by atoms with Crippen LogP contribution >= 0.6 is 22.9 Å². The topological polar surface area (TPSA) is 65.1 Å². The van der Waals surface area contributed by atoms with E-state index in [9.17, 15) is 4.79 Å². The lowest BCUT2D eigenvalue weighted by atomic mass is 10.3. The molecule has 1 aliphatic heterocycles. The van der Waals surface area contributed by atoms with E-state index in [1.807, 2.05) is 16.5 Å². The highest BCUT2D eigenvalue weighted by Crippen LogP contribution is 2.23. The SMILES string of the molecule is O=c1[nH]cnc(N2CCN(c3nccs3)CC2)c1Cl. The Morgan fingerprint density at radius 3 is 2.63 bits per heavy atom. The maximum absolute atomic E-state index is 11.5. The average molecular weight is 298 g/mol. The Bertz CT molecular complexity index is 606. The van der Waals surface area contributed by atoms with E-state index in [0.717, 1.165) is 31.3 Å². The van der Waals surface area contributed by atoms with Crippen LogP contribution in [0.25, 0.3) is 0 Å². The van der Waals surface area contributed by atoms with Crippen molar-refractivity contribution >= 4 is 33.9 Å². The molecule has 2 aromatic rings. The Balaban J connectivity index is 1.73. The molecule has 0 aromatic carbocycles. The highest BCUT2D eigenvalue weighted by molar-refractivity contribution is 7.13. The van der Waals surface area contributed by atoms with Crippen molar-refractivity contribution in [3.63, 3.8) is 0 Å². The van der Waals surface area contributed by atoms with Gasteiger partial charge < -0.3 is 14.8 Å². The van der Waals surface area contributed by atoms with Crippen LogP contribution < -0.4 is 15.4 Å². The van der Waals surface area contributed by atoms with Crippen molar-refractivity contribution < 1.29 is 0 Å². The van der Waals surface area contributed by atoms with Crippen molar-refractivity contribution in [3.8, 4) is 0 Å². The Hall–Kier alpha value is -1.60. The Labute approximate surface area is 118 Å². The van der Waals surface area contributed by atoms with Gasteiger partial charge in [0.25, 0.3) is 5.56 Å². The number of aromatic amines is 1. The highest BCUT2D eigenvalue weighted by Gasteiger charge is 2.22. The lowest BCUT2D eigenvalue weighted by Gasteiger charge is -2.35. The minimum absolute atomic E-state index is 0.158. The van der Waals surface area contributed by atoms with Crippen LogP contribution in [-0.2, 0) is 0 Å². The van der Waals surface area contributed by atoms with Gasteiger partial charge in [0, 0.05) is 37.8 Å². The van der Waals surface area contributed by atoms with E-state index in [1.54, 1.807) is 11.3 Å². The van der Waals surface area contributed by atoms with Gasteiger partial charge in [0.1, 0.15) is 5.02 Å². The third-order valence-corrected chi connectivity index (χ3v) is 4.22. The summed E-state index contributed by atoms with van der Waals surface area (Å²) in [4.78, 5) is 26.6. The second kappa shape index (κ2) is 5.18. The smallest absolute Gasteiger partial charge is 0.271 e. The first-order chi connectivity index (χ1) is 9.25. The normalized spacial score (nSPS) is 15.8. The quantitative estimate of drug-likeness (QED) is 0.902. The number of rotatable bonds is 2. The number of piperazine rings is 1. The lowest BCUT2D eigenvalue weighted by Crippen LogP contribution is -2.47. The van der Waals surface area contributed by atoms with Crippen molar-refractivity contribution in [1.82, 2.24) is 15.0 Å². The van der Waals surface area contributed by atoms with Gasteiger partial charge in [-0.25, -0.2) is 9.97 Å². The summed E-state index contributed by atoms with van der Waals surface area (Å²) in [6.07, 6.45) is 3.19. The van der Waals surface area contributed by atoms with Crippen LogP contribution in [-0.4, -0.2) is 41.1 Å². The second-order valence-electron chi connectivity index (χ2n) is 4.16. The third kappa shape index (κ3) is 2.43. The molecule has 3 heterocycles. The molecule has 1 aliphatic rings. The second-order valence-corrected chi connectivity index (χ2v) is 5.41. The molecule has 0 aliphatic carbocycles. The summed E-state index contributed by atoms with van der Waals surface area (Å²) in [5.74, 6) is 0.559. The molecule has 6 nitrogen and oxygen atoms in total. The molecule has 0 spiro atoms. The van der Waals surface area contributed by atoms with E-state index in [-0.39, 0.29) is 10.6 Å². The van der Waals surface area contributed by atoms with Crippen LogP contribution in [0.4, 0.5) is 10.9 Å². The number of aromatic nitrogens is 3. The molecule has 0 unspecified atom stereocenters. The zero-order chi connectivity index (χ0) is 13.2. The van der Waals surface area contributed by atoms with Crippen molar-refractivity contribution in [1.29, 1.82) is 0 Å². The first-order valence-electron chi connectivity index (χ1n) is 5.88. The number of anilines is 2. The van der Waals surface area contributed by atoms with Crippen molar-refractivity contribution in [2.24, 2.45) is 0 Å². The fourth-order valence-corrected chi connectivity index (χ4v) is 3.00. The molecular weight excluding hydrogens is 286 g/mol. The van der Waals surface area contributed by atoms with E-state index >= 15 is 0 Å². The minimum atomic E-state index is -0.297. The first kappa shape index (κ1) is 12.4. The molecule has 0 bridgehead atoms. The molecule has 2 aromatic heterocycles. The summed E-state index contributed by atoms with van der Waals surface area (Å²) in [6, 6.07) is 0. The van der Waals surface area contributed by atoms with Gasteiger partial charge in [-0.15, -0.1) is 11.3 Å². The van der Waals surface area contributed by atoms with E-state index in [1.165, 1.54) is 6.33 Å². The van der Waals surface area contributed by atoms with Crippen LogP contribution in [0.15, 0.2) is 22.7 Å². The minimum Gasteiger partial charge on any atom is -0.352 e. The van der Waals surface area contributed by atoms with Gasteiger partial charge in [-0.1, -0.05) is 11.6 Å². The van der Waals surface area contributed by atoms with Gasteiger partial charge in [-0.05, 0) is 0 Å². The molecule has 0 saturated carbocycles. The number of thiazole rings is 1. The molecular formula is C11H12ClN5OS. The predicted molar refractivity (Wildman–Crippen MR) is 76.4 cm³/mol. The number of nitrogens with zero attached hydrogens (tertiary/aromatic N) is 4. The Morgan fingerprint density at radius 1 is 1.21 bits per heavy atom. The fraction of sp³-hybridized carbons (Fsp3) is 0.364. The number of nitrogens with one attached hydrogen (secondary N) is 1. The first-order valence-corrected chi connectivity index (χ1v) is 7.14. The summed E-state index contributed by atoms with van der Waals surface area (Å²) >= 11 is 7.62. The molecule has 1 saturated heterocycles. The Morgan fingerprint density at radius 2 is 1.95 bits per heavy atom. The van der Waals surface area contributed by atoms with Gasteiger partial charge in [0.05, 0.1) is 6.33 Å². The molecule has 1 N–H and O–H groups in total. The highest BCUT2D eigenvalue weighted by atomic mass is 35.5. The number of hydrogen-bond acceptors (Lipinski definition) is 6. The van der Waals surface area contributed by atoms with Crippen LogP contribution in [0.2, 0.25) is 5.02 Å². The molecule has 3 rings (SSSR count). The largest absolute Gasteiger partial charge is 0.352 e. The van der Waals surface area contributed by atoms with E-state index in [0.29, 0.717) is 5.82 Å². The molecule has 0 radical (unpaired) electrons. The fourth-order valence-electron chi connectivity index (χ4n) is 2.08. The summed E-state index contributed by atoms with van der Waals surface area (Å²) in [5.41, 5.74) is -0.297. The summed E-state index contributed by atoms with van der Waals surface area (Å²) < 4.78 is 0. The van der Waals surface area contributed by atoms with Crippen LogP contribution in [0.5, 0.6) is 0 Å². The molecule has 8 heteroatoms. The maximum Gasteiger partial charge on any atom is 0.271 e. The van der Waals surface area contributed by atoms with Crippen LogP contribution in [0, 0.1) is 0 Å². The van der Waals surface area contributed by atoms with Gasteiger partial charge in [0.2, 0.25) is 0 Å². The number of halogens is 1. The summed E-state index contributed by atoms with van der Waals surface area (Å²) in [5, 5.41) is 3.16. The van der Waals surface area contributed by atoms with Crippen molar-refractivity contribution in [3.05, 3.63) is 33.3 Å². The summed E-state index contributed by atoms with van der Waals surface area (Å²) in [7, 11) is 0. The Kier molecular flexibility index (Phi) is 3.39. The van der Waals surface area contributed by atoms with Crippen LogP contribution in [0.1, 0.15) is 0 Å². The zero-order valence-electron chi connectivity index (χ0n) is 10.0. The maximum atomic E-state index is 11.5. The molecule has 19 heavy (non-hydrogen) atoms.